The summed E-state index contributed by atoms with van der Waals surface area (Å²) in [5, 5.41) is 6.90. The number of guanidine groups is 1. The maximum Gasteiger partial charge on any atom is 0.191 e. The second-order valence-corrected chi connectivity index (χ2v) is 7.02. The fourth-order valence-electron chi connectivity index (χ4n) is 3.41. The molecule has 1 heterocycles. The molecule has 1 atom stereocenters. The molecule has 1 aliphatic carbocycles. The fourth-order valence-corrected chi connectivity index (χ4v) is 3.41. The number of ether oxygens (including phenoxy) is 1. The molecule has 0 radical (unpaired) electrons. The lowest BCUT2D eigenvalue weighted by Gasteiger charge is -2.34. The van der Waals surface area contributed by atoms with E-state index in [2.05, 4.69) is 46.7 Å². The smallest absolute Gasteiger partial charge is 0.191 e. The predicted molar refractivity (Wildman–Crippen MR) is 119 cm³/mol. The summed E-state index contributed by atoms with van der Waals surface area (Å²) in [5.74, 6) is 1.87. The van der Waals surface area contributed by atoms with Crippen LogP contribution in [0, 0.1) is 0 Å². The van der Waals surface area contributed by atoms with E-state index in [1.54, 1.807) is 7.11 Å². The lowest BCUT2D eigenvalue weighted by Crippen LogP contribution is -2.40. The highest BCUT2D eigenvalue weighted by molar-refractivity contribution is 14.0. The first kappa shape index (κ1) is 21.3. The Morgan fingerprint density at radius 2 is 1.88 bits per heavy atom. The Morgan fingerprint density at radius 3 is 2.46 bits per heavy atom. The van der Waals surface area contributed by atoms with Gasteiger partial charge in [-0.1, -0.05) is 18.6 Å². The van der Waals surface area contributed by atoms with E-state index < -0.39 is 0 Å². The van der Waals surface area contributed by atoms with Crippen LogP contribution in [0.5, 0.6) is 5.75 Å². The minimum Gasteiger partial charge on any atom is -0.497 e. The van der Waals surface area contributed by atoms with Crippen molar-refractivity contribution in [3.05, 3.63) is 29.8 Å². The van der Waals surface area contributed by atoms with E-state index in [0.717, 1.165) is 24.8 Å². The maximum absolute atomic E-state index is 5.31. The van der Waals surface area contributed by atoms with Gasteiger partial charge >= 0.3 is 0 Å². The topological polar surface area (TPSA) is 48.9 Å². The minimum absolute atomic E-state index is 0. The summed E-state index contributed by atoms with van der Waals surface area (Å²) in [6.07, 6.45) is 6.45. The molecule has 0 spiro atoms. The number of nitrogens with zero attached hydrogens (tertiary/aromatic N) is 2. The Bertz CT molecular complexity index is 553. The van der Waals surface area contributed by atoms with Gasteiger partial charge in [-0.05, 0) is 63.4 Å². The number of piperidine rings is 1. The van der Waals surface area contributed by atoms with E-state index in [0.29, 0.717) is 12.1 Å². The van der Waals surface area contributed by atoms with Crippen LogP contribution in [0.1, 0.15) is 50.6 Å². The van der Waals surface area contributed by atoms with Crippen LogP contribution in [0.25, 0.3) is 0 Å². The monoisotopic (exact) mass is 472 g/mol. The first-order chi connectivity index (χ1) is 12.3. The summed E-state index contributed by atoms with van der Waals surface area (Å²) >= 11 is 0. The minimum atomic E-state index is 0. The SMILES string of the molecule is CCNC(=NCC(c1ccc(OC)cc1)N1CCCCC1)NC1CC1.I. The van der Waals surface area contributed by atoms with E-state index >= 15 is 0 Å². The van der Waals surface area contributed by atoms with Crippen molar-refractivity contribution in [2.75, 3.05) is 33.3 Å². The normalized spacial score (nSPS) is 19.4. The molecule has 1 saturated heterocycles. The molecule has 26 heavy (non-hydrogen) atoms. The van der Waals surface area contributed by atoms with Gasteiger partial charge in [0.15, 0.2) is 5.96 Å². The Morgan fingerprint density at radius 1 is 1.19 bits per heavy atom. The van der Waals surface area contributed by atoms with Gasteiger partial charge in [0.05, 0.1) is 19.7 Å². The molecular formula is C20H33IN4O. The van der Waals surface area contributed by atoms with Gasteiger partial charge in [0.2, 0.25) is 0 Å². The van der Waals surface area contributed by atoms with Crippen molar-refractivity contribution in [1.29, 1.82) is 0 Å². The molecule has 3 rings (SSSR count). The Kier molecular flexibility index (Phi) is 8.98. The summed E-state index contributed by atoms with van der Waals surface area (Å²) in [6, 6.07) is 9.45. The number of hydrogen-bond acceptors (Lipinski definition) is 3. The zero-order valence-electron chi connectivity index (χ0n) is 16.0. The third-order valence-electron chi connectivity index (χ3n) is 5.02. The van der Waals surface area contributed by atoms with Gasteiger partial charge in [-0.2, -0.15) is 0 Å². The van der Waals surface area contributed by atoms with Gasteiger partial charge in [0, 0.05) is 12.6 Å². The summed E-state index contributed by atoms with van der Waals surface area (Å²) < 4.78 is 5.31. The third-order valence-corrected chi connectivity index (χ3v) is 5.02. The van der Waals surface area contributed by atoms with Gasteiger partial charge in [0.1, 0.15) is 5.75 Å². The Balaban J connectivity index is 0.00000243. The van der Waals surface area contributed by atoms with E-state index in [1.807, 2.05) is 0 Å². The van der Waals surface area contributed by atoms with E-state index in [1.165, 1.54) is 50.8 Å². The molecule has 2 aliphatic rings. The Labute approximate surface area is 175 Å². The van der Waals surface area contributed by atoms with Gasteiger partial charge in [-0.15, -0.1) is 24.0 Å². The number of rotatable bonds is 7. The first-order valence-corrected chi connectivity index (χ1v) is 9.73. The number of aliphatic imine (C=N–C) groups is 1. The average molecular weight is 472 g/mol. The van der Waals surface area contributed by atoms with Crippen LogP contribution in [0.2, 0.25) is 0 Å². The van der Waals surface area contributed by atoms with Crippen LogP contribution in [-0.4, -0.2) is 50.2 Å². The molecule has 1 aliphatic heterocycles. The van der Waals surface area contributed by atoms with E-state index in [9.17, 15) is 0 Å². The van der Waals surface area contributed by atoms with Crippen molar-refractivity contribution in [1.82, 2.24) is 15.5 Å². The van der Waals surface area contributed by atoms with Crippen molar-refractivity contribution >= 4 is 29.9 Å². The second-order valence-electron chi connectivity index (χ2n) is 7.02. The molecule has 1 unspecified atom stereocenters. The highest BCUT2D eigenvalue weighted by Gasteiger charge is 2.24. The zero-order chi connectivity index (χ0) is 17.5. The van der Waals surface area contributed by atoms with Crippen LogP contribution < -0.4 is 15.4 Å². The van der Waals surface area contributed by atoms with Gasteiger partial charge in [-0.25, -0.2) is 0 Å². The molecule has 1 saturated carbocycles. The number of likely N-dealkylation sites (tertiary alicyclic amines) is 1. The van der Waals surface area contributed by atoms with Crippen LogP contribution in [0.3, 0.4) is 0 Å². The number of methoxy groups -OCH3 is 1. The summed E-state index contributed by atoms with van der Waals surface area (Å²) in [5.41, 5.74) is 1.33. The molecule has 2 fully saturated rings. The van der Waals surface area contributed by atoms with Crippen molar-refractivity contribution in [2.24, 2.45) is 4.99 Å². The quantitative estimate of drug-likeness (QED) is 0.362. The van der Waals surface area contributed by atoms with Crippen LogP contribution >= 0.6 is 24.0 Å². The zero-order valence-corrected chi connectivity index (χ0v) is 18.4. The van der Waals surface area contributed by atoms with Crippen LogP contribution in [0.4, 0.5) is 0 Å². The molecule has 0 aromatic heterocycles. The summed E-state index contributed by atoms with van der Waals surface area (Å²) in [7, 11) is 1.72. The van der Waals surface area contributed by atoms with Crippen molar-refractivity contribution in [3.8, 4) is 5.75 Å². The molecule has 6 heteroatoms. The van der Waals surface area contributed by atoms with Crippen molar-refractivity contribution in [3.63, 3.8) is 0 Å². The average Bonchev–Trinajstić information content (AvgIpc) is 3.47. The van der Waals surface area contributed by atoms with Gasteiger partial charge in [-0.3, -0.25) is 9.89 Å². The van der Waals surface area contributed by atoms with E-state index in [-0.39, 0.29) is 24.0 Å². The molecule has 0 amide bonds. The predicted octanol–water partition coefficient (Wildman–Crippen LogP) is 3.56. The Hall–Kier alpha value is -1.02. The van der Waals surface area contributed by atoms with E-state index in [4.69, 9.17) is 9.73 Å². The first-order valence-electron chi connectivity index (χ1n) is 9.73. The molecule has 2 N–H and O–H groups in total. The standard InChI is InChI=1S/C20H32N4O.HI/c1-3-21-20(23-17-9-10-17)22-15-19(24-13-5-4-6-14-24)16-7-11-18(25-2)12-8-16;/h7-8,11-12,17,19H,3-6,9-10,13-15H2,1-2H3,(H2,21,22,23);1H. The number of hydrogen-bond donors (Lipinski definition) is 2. The molecule has 146 valence electrons. The number of benzene rings is 1. The largest absolute Gasteiger partial charge is 0.497 e. The summed E-state index contributed by atoms with van der Waals surface area (Å²) in [4.78, 5) is 7.50. The van der Waals surface area contributed by atoms with Crippen LogP contribution in [-0.2, 0) is 0 Å². The highest BCUT2D eigenvalue weighted by Crippen LogP contribution is 2.27. The molecule has 1 aromatic rings. The molecule has 0 bridgehead atoms. The van der Waals surface area contributed by atoms with Crippen molar-refractivity contribution < 1.29 is 4.74 Å². The summed E-state index contributed by atoms with van der Waals surface area (Å²) in [6.45, 7) is 6.14. The fraction of sp³-hybridized carbons (Fsp3) is 0.650. The van der Waals surface area contributed by atoms with Gasteiger partial charge < -0.3 is 15.4 Å². The maximum atomic E-state index is 5.31. The lowest BCUT2D eigenvalue weighted by molar-refractivity contribution is 0.167. The number of halogens is 1. The van der Waals surface area contributed by atoms with Crippen LogP contribution in [0.15, 0.2) is 29.3 Å². The molecular weight excluding hydrogens is 439 g/mol. The molecule has 1 aromatic carbocycles. The number of nitrogens with one attached hydrogen (secondary N) is 2. The second kappa shape index (κ2) is 11.0. The molecule has 5 nitrogen and oxygen atoms in total. The third kappa shape index (κ3) is 6.30. The van der Waals surface area contributed by atoms with Gasteiger partial charge in [0.25, 0.3) is 0 Å². The lowest BCUT2D eigenvalue weighted by atomic mass is 10.0. The highest BCUT2D eigenvalue weighted by atomic mass is 127. The van der Waals surface area contributed by atoms with Crippen molar-refractivity contribution in [2.45, 2.75) is 51.1 Å².